The Morgan fingerprint density at radius 3 is 1.18 bits per heavy atom. The van der Waals surface area contributed by atoms with Crippen molar-refractivity contribution in [3.8, 4) is 0 Å². The van der Waals surface area contributed by atoms with Crippen molar-refractivity contribution in [1.29, 1.82) is 0 Å². The van der Waals surface area contributed by atoms with Gasteiger partial charge < -0.3 is 25.3 Å². The van der Waals surface area contributed by atoms with E-state index in [2.05, 4.69) is 111 Å². The molecule has 14 aliphatic rings. The molecule has 12 heteroatoms. The molecule has 0 radical (unpaired) electrons. The Morgan fingerprint density at radius 1 is 0.443 bits per heavy atom. The van der Waals surface area contributed by atoms with Crippen molar-refractivity contribution >= 4 is 29.7 Å². The highest BCUT2D eigenvalue weighted by atomic mass is 16.2. The molecule has 11 fully saturated rings. The fourth-order valence-electron chi connectivity index (χ4n) is 20.1. The second-order valence-corrected chi connectivity index (χ2v) is 29.4. The third-order valence-electron chi connectivity index (χ3n) is 24.4. The summed E-state index contributed by atoms with van der Waals surface area (Å²) < 4.78 is 0. The summed E-state index contributed by atoms with van der Waals surface area (Å²) in [6, 6.07) is 20.3. The second-order valence-electron chi connectivity index (χ2n) is 29.4. The zero-order chi connectivity index (χ0) is 54.0. The number of carbonyl (C=O) groups is 5. The molecular weight excluding hydrogens is 983 g/mol. The van der Waals surface area contributed by atoms with E-state index in [4.69, 9.17) is 0 Å². The summed E-state index contributed by atoms with van der Waals surface area (Å²) in [4.78, 5) is 70.2. The van der Waals surface area contributed by atoms with Gasteiger partial charge in [0.15, 0.2) is 0 Å². The topological polar surface area (TPSA) is 143 Å². The van der Waals surface area contributed by atoms with Gasteiger partial charge in [0.2, 0.25) is 0 Å². The number of hydrogen-bond donors (Lipinski definition) is 4. The lowest BCUT2D eigenvalue weighted by Crippen LogP contribution is -2.65. The van der Waals surface area contributed by atoms with E-state index >= 15 is 0 Å². The van der Waals surface area contributed by atoms with Gasteiger partial charge in [-0.25, -0.2) is 9.59 Å². The van der Waals surface area contributed by atoms with Crippen LogP contribution in [0.5, 0.6) is 0 Å². The number of carbonyl (C=O) groups excluding carboxylic acids is 5. The molecule has 3 aromatic carbocycles. The number of amides is 6. The molecule has 0 bridgehead atoms. The molecular formula is C67H85N7O5. The van der Waals surface area contributed by atoms with Gasteiger partial charge in [-0.2, -0.15) is 0 Å². The minimum absolute atomic E-state index is 0.00160. The Morgan fingerprint density at radius 2 is 0.810 bits per heavy atom. The molecule has 9 aliphatic carbocycles. The first kappa shape index (κ1) is 51.0. The molecule has 2 spiro atoms. The fourth-order valence-corrected chi connectivity index (χ4v) is 20.1. The largest absolute Gasteiger partial charge is 0.323 e. The highest BCUT2D eigenvalue weighted by Gasteiger charge is 2.70. The quantitative estimate of drug-likeness (QED) is 0.179. The smallest absolute Gasteiger partial charge is 0.322 e. The van der Waals surface area contributed by atoms with Crippen LogP contribution in [0, 0.1) is 54.8 Å². The van der Waals surface area contributed by atoms with Crippen molar-refractivity contribution in [2.45, 2.75) is 183 Å². The first-order chi connectivity index (χ1) is 38.0. The van der Waals surface area contributed by atoms with Gasteiger partial charge in [0.1, 0.15) is 16.9 Å². The standard InChI is InChI=1S/2C23H29N3O2.C21H27NO/c2*1-15-2-5-17-11-21-6-7-23(19(27)24-20(28)25-23)13-22(21,18(17)10-15)8-9-26(14-21)12-16-3-4-16;1-15-2-5-17-11-20-7-6-18(23)12-21(20,19(17)10-15)8-9-22(14-20)13-16-3-4-16/h2*2,5,10,16H,3-4,6-9,11-14H2,1H3,(H2,24,25,27,28);2,5,10,16H,3-4,6-9,11-14H2,1H3/t21-,22+,23+;21-,22+,23-;20-,21+/m000/s1. The van der Waals surface area contributed by atoms with Crippen molar-refractivity contribution < 1.29 is 24.0 Å². The third-order valence-corrected chi connectivity index (χ3v) is 24.4. The highest BCUT2D eigenvalue weighted by molar-refractivity contribution is 6.08. The Labute approximate surface area is 468 Å². The van der Waals surface area contributed by atoms with Crippen LogP contribution in [0.4, 0.5) is 9.59 Å². The number of ketones is 1. The Kier molecular flexibility index (Phi) is 11.5. The number of likely N-dealkylation sites (tertiary alicyclic amines) is 3. The van der Waals surface area contributed by atoms with E-state index in [0.717, 1.165) is 127 Å². The Balaban J connectivity index is 0.000000103. The number of fused-ring (bicyclic) bond motifs is 3. The average Bonchev–Trinajstić information content (AvgIpc) is 4.19. The number of rotatable bonds is 6. The molecule has 0 unspecified atom stereocenters. The normalized spacial score (nSPS) is 38.5. The van der Waals surface area contributed by atoms with Gasteiger partial charge in [-0.1, -0.05) is 71.3 Å². The minimum Gasteiger partial charge on any atom is -0.323 e. The van der Waals surface area contributed by atoms with Crippen LogP contribution in [0.25, 0.3) is 0 Å². The second kappa shape index (κ2) is 17.8. The SMILES string of the molecule is Cc1ccc2c(c1)[C@]13CCN(CC4CC4)C[C@]1(CCC(=O)C3)C2.Cc1ccc2c(c1)[C@]13CCN(CC4CC4)C[C@]1(CC[C@@]1(C3)NC(=O)NC1=O)C2.Cc1ccc2c(c1)[C@]13CCN(CC4CC4)C[C@]1(CC[C@]1(C3)NC(=O)NC1=O)C2. The first-order valence-electron chi connectivity index (χ1n) is 31.2. The number of imide groups is 2. The lowest BCUT2D eigenvalue weighted by molar-refractivity contribution is -0.131. The number of nitrogens with zero attached hydrogens (tertiary/aromatic N) is 3. The molecule has 6 saturated carbocycles. The van der Waals surface area contributed by atoms with Crippen LogP contribution in [-0.2, 0) is 49.9 Å². The maximum Gasteiger partial charge on any atom is 0.322 e. The van der Waals surface area contributed by atoms with E-state index in [1.54, 1.807) is 5.56 Å². The molecule has 4 N–H and O–H groups in total. The van der Waals surface area contributed by atoms with Crippen molar-refractivity contribution in [2.75, 3.05) is 58.9 Å². The maximum absolute atomic E-state index is 12.8. The third kappa shape index (κ3) is 7.98. The molecule has 8 atom stereocenters. The van der Waals surface area contributed by atoms with Crippen LogP contribution in [0.2, 0.25) is 0 Å². The monoisotopic (exact) mass is 1070 g/mol. The number of urea groups is 2. The van der Waals surface area contributed by atoms with E-state index in [1.807, 2.05) is 0 Å². The van der Waals surface area contributed by atoms with Crippen LogP contribution in [0.3, 0.4) is 0 Å². The van der Waals surface area contributed by atoms with Gasteiger partial charge in [-0.05, 0) is 230 Å². The summed E-state index contributed by atoms with van der Waals surface area (Å²) >= 11 is 0. The van der Waals surface area contributed by atoms with Crippen LogP contribution in [-0.4, -0.2) is 114 Å². The molecule has 5 aliphatic heterocycles. The Hall–Kier alpha value is -4.91. The number of nitrogens with one attached hydrogen (secondary N) is 4. The van der Waals surface area contributed by atoms with Gasteiger partial charge >= 0.3 is 12.1 Å². The lowest BCUT2D eigenvalue weighted by atomic mass is 9.49. The van der Waals surface area contributed by atoms with E-state index in [9.17, 15) is 24.0 Å². The zero-order valence-corrected chi connectivity index (χ0v) is 47.5. The van der Waals surface area contributed by atoms with E-state index in [1.165, 1.54) is 129 Å². The van der Waals surface area contributed by atoms with Crippen LogP contribution in [0.1, 0.15) is 166 Å². The number of piperidine rings is 3. The van der Waals surface area contributed by atoms with Gasteiger partial charge in [-0.15, -0.1) is 0 Å². The predicted octanol–water partition coefficient (Wildman–Crippen LogP) is 8.95. The van der Waals surface area contributed by atoms with Crippen LogP contribution < -0.4 is 21.3 Å². The van der Waals surface area contributed by atoms with Gasteiger partial charge in [0, 0.05) is 68.4 Å². The van der Waals surface area contributed by atoms with Crippen LogP contribution >= 0.6 is 0 Å². The summed E-state index contributed by atoms with van der Waals surface area (Å²) in [5.41, 5.74) is 12.4. The summed E-state index contributed by atoms with van der Waals surface area (Å²) in [5, 5.41) is 11.1. The first-order valence-corrected chi connectivity index (χ1v) is 31.2. The number of benzene rings is 3. The van der Waals surface area contributed by atoms with Crippen molar-refractivity contribution in [3.63, 3.8) is 0 Å². The maximum atomic E-state index is 12.8. The van der Waals surface area contributed by atoms with Gasteiger partial charge in [-0.3, -0.25) is 25.0 Å². The van der Waals surface area contributed by atoms with Crippen LogP contribution in [0.15, 0.2) is 54.6 Å². The summed E-state index contributed by atoms with van der Waals surface area (Å²) in [7, 11) is 0. The summed E-state index contributed by atoms with van der Waals surface area (Å²) in [6.07, 6.45) is 23.1. The van der Waals surface area contributed by atoms with Gasteiger partial charge in [0.25, 0.3) is 11.8 Å². The molecule has 79 heavy (non-hydrogen) atoms. The van der Waals surface area contributed by atoms with E-state index in [-0.39, 0.29) is 51.0 Å². The van der Waals surface area contributed by atoms with Gasteiger partial charge in [0.05, 0.1) is 0 Å². The van der Waals surface area contributed by atoms with Crippen molar-refractivity contribution in [3.05, 3.63) is 105 Å². The molecule has 17 rings (SSSR count). The predicted molar refractivity (Wildman–Crippen MR) is 304 cm³/mol. The lowest BCUT2D eigenvalue weighted by Gasteiger charge is -2.59. The summed E-state index contributed by atoms with van der Waals surface area (Å²) in [6.45, 7) is 17.3. The molecule has 6 amide bonds. The summed E-state index contributed by atoms with van der Waals surface area (Å²) in [5.74, 6) is 3.07. The highest BCUT2D eigenvalue weighted by Crippen LogP contribution is 2.68. The number of Topliss-reactive ketones (excluding diaryl/α,β-unsaturated/α-hetero) is 1. The zero-order valence-electron chi connectivity index (χ0n) is 47.5. The molecule has 5 heterocycles. The molecule has 3 aromatic rings. The number of hydrogen-bond acceptors (Lipinski definition) is 8. The van der Waals surface area contributed by atoms with Crippen molar-refractivity contribution in [1.82, 2.24) is 36.0 Å². The van der Waals surface area contributed by atoms with Crippen molar-refractivity contribution in [2.24, 2.45) is 34.0 Å². The average molecular weight is 1070 g/mol. The molecule has 0 aromatic heterocycles. The Bertz CT molecular complexity index is 2960. The molecule has 418 valence electrons. The van der Waals surface area contributed by atoms with E-state index in [0.29, 0.717) is 11.2 Å². The molecule has 12 nitrogen and oxygen atoms in total. The fraction of sp³-hybridized carbons (Fsp3) is 0.657. The molecule has 5 saturated heterocycles. The minimum atomic E-state index is -0.718. The van der Waals surface area contributed by atoms with E-state index < -0.39 is 11.1 Å². The number of aryl methyl sites for hydroxylation is 3.